The fourth-order valence-corrected chi connectivity index (χ4v) is 3.19. The lowest BCUT2D eigenvalue weighted by Crippen LogP contribution is -2.46. The second kappa shape index (κ2) is 9.30. The second-order valence-electron chi connectivity index (χ2n) is 7.08. The molecule has 1 unspecified atom stereocenters. The van der Waals surface area contributed by atoms with Crippen molar-refractivity contribution in [1.82, 2.24) is 9.80 Å². The van der Waals surface area contributed by atoms with E-state index < -0.39 is 0 Å². The van der Waals surface area contributed by atoms with Crippen LogP contribution in [0.1, 0.15) is 11.1 Å². The molecule has 0 saturated heterocycles. The topological polar surface area (TPSA) is 82.5 Å². The van der Waals surface area contributed by atoms with Crippen molar-refractivity contribution in [1.29, 1.82) is 0 Å². The molecule has 7 nitrogen and oxygen atoms in total. The first kappa shape index (κ1) is 21.8. The molecule has 1 atom stereocenters. The monoisotopic (exact) mass is 422 g/mol. The number of ether oxygens (including phenoxy) is 2. The Morgan fingerprint density at radius 1 is 0.871 bits per heavy atom. The summed E-state index contributed by atoms with van der Waals surface area (Å²) in [4.78, 5) is 15.8. The second-order valence-corrected chi connectivity index (χ2v) is 7.08. The third-order valence-electron chi connectivity index (χ3n) is 5.15. The van der Waals surface area contributed by atoms with Crippen LogP contribution in [-0.2, 0) is 0 Å². The van der Waals surface area contributed by atoms with Gasteiger partial charge < -0.3 is 24.6 Å². The molecule has 0 fully saturated rings. The number of likely N-dealkylation sites (N-methyl/N-ethyl adjacent to an activating group) is 2. The number of phenols is 2. The zero-order chi connectivity index (χ0) is 22.5. The highest BCUT2D eigenvalue weighted by atomic mass is 16.5. The summed E-state index contributed by atoms with van der Waals surface area (Å²) in [6, 6.07) is 9.59. The summed E-state index contributed by atoms with van der Waals surface area (Å²) in [5.74, 6) is 1.31. The molecular formula is C24H26N2O5. The first-order valence-corrected chi connectivity index (χ1v) is 9.66. The highest BCUT2D eigenvalue weighted by Gasteiger charge is 2.26. The SMILES string of the molecule is COc1ccc(C=CC2=CC(C=Cc3ccc(OC)cc3O)N(C)C(=O)N2C)c(O)c1. The van der Waals surface area contributed by atoms with E-state index in [1.165, 1.54) is 31.3 Å². The molecular weight excluding hydrogens is 396 g/mol. The molecule has 162 valence electrons. The lowest BCUT2D eigenvalue weighted by atomic mass is 10.1. The third-order valence-corrected chi connectivity index (χ3v) is 5.15. The fraction of sp³-hybridized carbons (Fsp3) is 0.208. The molecule has 1 aliphatic heterocycles. The van der Waals surface area contributed by atoms with Crippen LogP contribution in [0.15, 0.2) is 60.3 Å². The number of urea groups is 1. The van der Waals surface area contributed by atoms with Gasteiger partial charge in [0.25, 0.3) is 0 Å². The van der Waals surface area contributed by atoms with Crippen LogP contribution in [0.5, 0.6) is 23.0 Å². The van der Waals surface area contributed by atoms with Crippen molar-refractivity contribution < 1.29 is 24.5 Å². The van der Waals surface area contributed by atoms with Gasteiger partial charge in [0.15, 0.2) is 0 Å². The molecule has 0 saturated carbocycles. The van der Waals surface area contributed by atoms with Gasteiger partial charge in [-0.3, -0.25) is 4.90 Å². The average Bonchev–Trinajstić information content (AvgIpc) is 2.77. The van der Waals surface area contributed by atoms with E-state index in [1.54, 1.807) is 61.5 Å². The minimum absolute atomic E-state index is 0.0875. The van der Waals surface area contributed by atoms with E-state index in [0.717, 1.165) is 0 Å². The number of carbonyl (C=O) groups is 1. The average molecular weight is 422 g/mol. The molecule has 31 heavy (non-hydrogen) atoms. The number of methoxy groups -OCH3 is 2. The van der Waals surface area contributed by atoms with Gasteiger partial charge in [0.1, 0.15) is 23.0 Å². The Labute approximate surface area is 181 Å². The summed E-state index contributed by atoms with van der Waals surface area (Å²) in [5, 5.41) is 20.3. The number of nitrogens with zero attached hydrogens (tertiary/aromatic N) is 2. The van der Waals surface area contributed by atoms with Crippen molar-refractivity contribution in [2.45, 2.75) is 6.04 Å². The number of amides is 2. The molecule has 7 heteroatoms. The summed E-state index contributed by atoms with van der Waals surface area (Å²) < 4.78 is 10.2. The number of rotatable bonds is 6. The number of hydrogen-bond acceptors (Lipinski definition) is 5. The van der Waals surface area contributed by atoms with Crippen molar-refractivity contribution in [3.8, 4) is 23.0 Å². The zero-order valence-corrected chi connectivity index (χ0v) is 17.9. The normalized spacial score (nSPS) is 16.8. The molecule has 0 radical (unpaired) electrons. The summed E-state index contributed by atoms with van der Waals surface area (Å²) in [6.45, 7) is 0. The summed E-state index contributed by atoms with van der Waals surface area (Å²) >= 11 is 0. The molecule has 0 aromatic heterocycles. The Bertz CT molecular complexity index is 1060. The first-order chi connectivity index (χ1) is 14.8. The standard InChI is InChI=1S/C24H26N2O5/c1-25-18(9-5-16-7-11-20(30-3)14-22(16)27)13-19(26(2)24(25)29)10-6-17-8-12-21(31-4)15-23(17)28/h5-15,18,27-28H,1-4H3. The molecule has 0 spiro atoms. The van der Waals surface area contributed by atoms with E-state index in [0.29, 0.717) is 28.3 Å². The molecule has 2 aromatic rings. The van der Waals surface area contributed by atoms with E-state index in [2.05, 4.69) is 0 Å². The molecule has 0 aliphatic carbocycles. The maximum Gasteiger partial charge on any atom is 0.324 e. The minimum atomic E-state index is -0.311. The molecule has 2 amide bonds. The van der Waals surface area contributed by atoms with Crippen molar-refractivity contribution in [3.05, 3.63) is 71.5 Å². The maximum atomic E-state index is 12.7. The quantitative estimate of drug-likeness (QED) is 0.733. The van der Waals surface area contributed by atoms with E-state index in [-0.39, 0.29) is 23.6 Å². The predicted molar refractivity (Wildman–Crippen MR) is 120 cm³/mol. The lowest BCUT2D eigenvalue weighted by Gasteiger charge is -2.34. The van der Waals surface area contributed by atoms with E-state index >= 15 is 0 Å². The first-order valence-electron chi connectivity index (χ1n) is 9.66. The molecule has 1 heterocycles. The van der Waals surface area contributed by atoms with Gasteiger partial charge in [-0.2, -0.15) is 0 Å². The van der Waals surface area contributed by atoms with Crippen LogP contribution < -0.4 is 9.47 Å². The van der Waals surface area contributed by atoms with Crippen molar-refractivity contribution in [2.75, 3.05) is 28.3 Å². The van der Waals surface area contributed by atoms with Crippen molar-refractivity contribution in [3.63, 3.8) is 0 Å². The van der Waals surface area contributed by atoms with Gasteiger partial charge in [-0.25, -0.2) is 4.79 Å². The minimum Gasteiger partial charge on any atom is -0.507 e. The number of phenolic OH excluding ortho intramolecular Hbond substituents is 2. The Morgan fingerprint density at radius 2 is 1.42 bits per heavy atom. The predicted octanol–water partition coefficient (Wildman–Crippen LogP) is 4.09. The number of benzene rings is 2. The summed E-state index contributed by atoms with van der Waals surface area (Å²) in [5.41, 5.74) is 1.91. The number of aromatic hydroxyl groups is 2. The maximum absolute atomic E-state index is 12.7. The van der Waals surface area contributed by atoms with Gasteiger partial charge in [-0.1, -0.05) is 12.2 Å². The molecule has 1 aliphatic rings. The smallest absolute Gasteiger partial charge is 0.324 e. The molecule has 2 aromatic carbocycles. The van der Waals surface area contributed by atoms with Crippen LogP contribution >= 0.6 is 0 Å². The molecule has 3 rings (SSSR count). The van der Waals surface area contributed by atoms with Gasteiger partial charge >= 0.3 is 6.03 Å². The van der Waals surface area contributed by atoms with Crippen molar-refractivity contribution >= 4 is 18.2 Å². The van der Waals surface area contributed by atoms with Crippen molar-refractivity contribution in [2.24, 2.45) is 0 Å². The van der Waals surface area contributed by atoms with Gasteiger partial charge in [0.2, 0.25) is 0 Å². The highest BCUT2D eigenvalue weighted by molar-refractivity contribution is 5.80. The van der Waals surface area contributed by atoms with Crippen LogP contribution in [-0.4, -0.2) is 60.4 Å². The molecule has 2 N–H and O–H groups in total. The van der Waals surface area contributed by atoms with Crippen LogP contribution in [0.25, 0.3) is 12.2 Å². The lowest BCUT2D eigenvalue weighted by molar-refractivity contribution is 0.175. The van der Waals surface area contributed by atoms with E-state index in [4.69, 9.17) is 9.47 Å². The number of allylic oxidation sites excluding steroid dienone is 1. The number of carbonyl (C=O) groups excluding carboxylic acids is 1. The Morgan fingerprint density at radius 3 is 1.94 bits per heavy atom. The van der Waals surface area contributed by atoms with Gasteiger partial charge in [-0.15, -0.1) is 0 Å². The Balaban J connectivity index is 1.86. The van der Waals surface area contributed by atoms with Crippen LogP contribution in [0.2, 0.25) is 0 Å². The largest absolute Gasteiger partial charge is 0.507 e. The third kappa shape index (κ3) is 4.83. The van der Waals surface area contributed by atoms with Crippen LogP contribution in [0.3, 0.4) is 0 Å². The van der Waals surface area contributed by atoms with Gasteiger partial charge in [0.05, 0.1) is 20.3 Å². The van der Waals surface area contributed by atoms with Crippen LogP contribution in [0, 0.1) is 0 Å². The zero-order valence-electron chi connectivity index (χ0n) is 17.9. The highest BCUT2D eigenvalue weighted by Crippen LogP contribution is 2.28. The van der Waals surface area contributed by atoms with E-state index in [9.17, 15) is 15.0 Å². The summed E-state index contributed by atoms with van der Waals surface area (Å²) in [6.07, 6.45) is 9.05. The Kier molecular flexibility index (Phi) is 6.55. The van der Waals surface area contributed by atoms with E-state index in [1.807, 2.05) is 12.2 Å². The fourth-order valence-electron chi connectivity index (χ4n) is 3.19. The summed E-state index contributed by atoms with van der Waals surface area (Å²) in [7, 11) is 6.48. The van der Waals surface area contributed by atoms with Crippen LogP contribution in [0.4, 0.5) is 4.79 Å². The van der Waals surface area contributed by atoms with Gasteiger partial charge in [0, 0.05) is 43.1 Å². The number of hydrogen-bond donors (Lipinski definition) is 2. The molecule has 0 bridgehead atoms. The van der Waals surface area contributed by atoms with Gasteiger partial charge in [-0.05, 0) is 42.5 Å². The Hall–Kier alpha value is -3.87.